The molecule has 0 bridgehead atoms. The molecule has 610 valence electrons. The van der Waals surface area contributed by atoms with Crippen molar-refractivity contribution in [1.82, 2.24) is 0 Å². The lowest BCUT2D eigenvalue weighted by atomic mass is 10.0. The van der Waals surface area contributed by atoms with Gasteiger partial charge in [-0.1, -0.05) is 387 Å². The van der Waals surface area contributed by atoms with Crippen LogP contribution in [0.3, 0.4) is 0 Å². The van der Waals surface area contributed by atoms with Crippen molar-refractivity contribution in [3.05, 3.63) is 364 Å². The zero-order valence-corrected chi connectivity index (χ0v) is 79.4. The first kappa shape index (κ1) is 79.3. The maximum atomic E-state index is 2.51. The molecule has 0 aliphatic carbocycles. The zero-order valence-electron chi connectivity index (χ0n) is 74.4. The van der Waals surface area contributed by atoms with Crippen LogP contribution in [0.2, 0.25) is 65.5 Å². The minimum atomic E-state index is -1.84. The van der Waals surface area contributed by atoms with Crippen molar-refractivity contribution in [1.29, 1.82) is 0 Å². The van der Waals surface area contributed by atoms with Gasteiger partial charge in [-0.05, 0) is 186 Å². The van der Waals surface area contributed by atoms with E-state index in [4.69, 9.17) is 0 Å². The van der Waals surface area contributed by atoms with E-state index < -0.39 is 40.4 Å². The summed E-state index contributed by atoms with van der Waals surface area (Å²) in [7, 11) is 2.16. The Morgan fingerprint density at radius 1 is 0.144 bits per heavy atom. The molecule has 5 nitrogen and oxygen atoms in total. The molecule has 5 aliphatic rings. The van der Waals surface area contributed by atoms with Crippen LogP contribution in [-0.2, 0) is 0 Å². The van der Waals surface area contributed by atoms with Gasteiger partial charge < -0.3 is 24.5 Å². The first-order chi connectivity index (χ1) is 60.4. The van der Waals surface area contributed by atoms with Gasteiger partial charge in [0.25, 0.3) is 0 Å². The Morgan fingerprint density at radius 3 is 0.648 bits per heavy atom. The van der Waals surface area contributed by atoms with Gasteiger partial charge >= 0.3 is 0 Å². The Labute approximate surface area is 740 Å². The summed E-state index contributed by atoms with van der Waals surface area (Å²) in [6.07, 6.45) is 0. The highest BCUT2D eigenvalue weighted by molar-refractivity contribution is 7.07. The highest BCUT2D eigenvalue weighted by atomic mass is 28.3. The van der Waals surface area contributed by atoms with E-state index in [9.17, 15) is 0 Å². The normalized spacial score (nSPS) is 15.2. The molecule has 0 amide bonds. The lowest BCUT2D eigenvalue weighted by molar-refractivity contribution is 1.22. The summed E-state index contributed by atoms with van der Waals surface area (Å²) in [5.74, 6) is 0. The zero-order chi connectivity index (χ0) is 85.9. The Balaban J connectivity index is 0.0000000956. The van der Waals surface area contributed by atoms with E-state index in [2.05, 4.69) is 489 Å². The Bertz CT molecular complexity index is 7440. The largest absolute Gasteiger partial charge is 0.345 e. The second-order valence-corrected chi connectivity index (χ2v) is 59.3. The number of benzene rings is 20. The molecule has 0 fully saturated rings. The number of rotatable bonds is 0. The van der Waals surface area contributed by atoms with Crippen molar-refractivity contribution in [3.63, 3.8) is 0 Å². The summed E-state index contributed by atoms with van der Waals surface area (Å²) < 4.78 is 0. The fourth-order valence-corrected chi connectivity index (χ4v) is 39.4. The lowest BCUT2D eigenvalue weighted by Crippen LogP contribution is -2.59. The highest BCUT2D eigenvalue weighted by Gasteiger charge is 2.44. The summed E-state index contributed by atoms with van der Waals surface area (Å²) in [4.78, 5) is 12.0. The minimum absolute atomic E-state index is 1.32. The van der Waals surface area contributed by atoms with Crippen LogP contribution in [0, 0.1) is 0 Å². The number of anilines is 10. The molecule has 0 spiro atoms. The van der Waals surface area contributed by atoms with Crippen LogP contribution in [0.1, 0.15) is 0 Å². The van der Waals surface area contributed by atoms with Crippen molar-refractivity contribution < 1.29 is 0 Å². The molecule has 0 saturated carbocycles. The van der Waals surface area contributed by atoms with Gasteiger partial charge in [0.1, 0.15) is 40.4 Å². The Kier molecular flexibility index (Phi) is 19.0. The van der Waals surface area contributed by atoms with E-state index in [1.165, 1.54) is 196 Å². The standard InChI is InChI=1S/5C23H21NSi/c1-24-20-12-16-8-4-6-10-18(16)14-22(20)25(2,3)23-15-19-11-7-5-9-17(19)13-21(23)24;1-24-20-14-12-17-9-5-7-11-19(17)23(20)25(2,3)21-15-13-16-8-4-6-10-18(16)22(21)24;1-24-22-18-10-6-4-8-16(18)12-14-20(22)25(2,3)21-15-13-17-9-5-7-11-19(17)23(21)24;1-24-20-14-12-16-8-4-6-10-18(16)22(20)25(2,3)23-19-11-7-5-9-17(19)13-15-21(23)24;1-24-20-13-12-16-8-6-7-11-19(16)23(20)25(2,3)22-15-18-10-5-4-9-17(18)14-21(22)24/h5*4-15H,1-3H3. The fraction of sp³-hybridized carbons (Fsp3) is 0.130. The van der Waals surface area contributed by atoms with Gasteiger partial charge in [0.2, 0.25) is 0 Å². The van der Waals surface area contributed by atoms with Crippen molar-refractivity contribution in [2.75, 3.05) is 59.7 Å². The molecule has 0 radical (unpaired) electrons. The maximum Gasteiger partial charge on any atom is 0.119 e. The molecule has 0 N–H and O–H groups in total. The first-order valence-corrected chi connectivity index (χ1v) is 59.3. The molecule has 125 heavy (non-hydrogen) atoms. The quantitative estimate of drug-likeness (QED) is 0.140. The predicted octanol–water partition coefficient (Wildman–Crippen LogP) is 24.5. The van der Waals surface area contributed by atoms with Crippen LogP contribution < -0.4 is 76.4 Å². The molecule has 5 heterocycles. The SMILES string of the molecule is CN1c2c(ccc3ccccc23)[Si](C)(C)c2ccc3ccccc3c21.CN1c2cc3ccccc3cc2[Si](C)(C)c2c1ccc1ccccc21.CN1c2cc3ccccc3cc2[Si](C)(C)c2cc3ccccc3cc21.CN1c2ccc3ccccc3c2[Si](C)(C)c2c1ccc1ccccc21.CN1c2ccc3ccccc3c2[Si](C)(C)c2ccc3ccccc3c21. The molecule has 25 rings (SSSR count). The molecule has 20 aromatic carbocycles. The smallest absolute Gasteiger partial charge is 0.119 e. The van der Waals surface area contributed by atoms with E-state index in [1.54, 1.807) is 20.7 Å². The van der Waals surface area contributed by atoms with Crippen LogP contribution in [0.25, 0.3) is 108 Å². The molecular weight excluding hydrogens is 1590 g/mol. The van der Waals surface area contributed by atoms with E-state index in [-0.39, 0.29) is 0 Å². The third-order valence-electron chi connectivity index (χ3n) is 29.0. The van der Waals surface area contributed by atoms with Gasteiger partial charge in [0.05, 0.1) is 0 Å². The van der Waals surface area contributed by atoms with E-state index in [1.807, 2.05) is 0 Å². The summed E-state index contributed by atoms with van der Waals surface area (Å²) in [6, 6.07) is 135. The molecule has 0 atom stereocenters. The number of hydrogen-bond acceptors (Lipinski definition) is 5. The van der Waals surface area contributed by atoms with E-state index >= 15 is 0 Å². The van der Waals surface area contributed by atoms with Crippen molar-refractivity contribution in [3.8, 4) is 0 Å². The maximum absolute atomic E-state index is 2.51. The summed E-state index contributed by atoms with van der Waals surface area (Å²) in [5, 5.41) is 42.6. The third kappa shape index (κ3) is 12.6. The van der Waals surface area contributed by atoms with Crippen LogP contribution in [0.4, 0.5) is 56.9 Å². The number of fused-ring (bicyclic) bond motifs is 27. The second-order valence-electron chi connectivity index (χ2n) is 37.8. The van der Waals surface area contributed by atoms with Crippen molar-refractivity contribution in [2.24, 2.45) is 0 Å². The molecule has 0 saturated heterocycles. The Hall–Kier alpha value is -12.9. The minimum Gasteiger partial charge on any atom is -0.345 e. The predicted molar refractivity (Wildman–Crippen MR) is 564 cm³/mol. The van der Waals surface area contributed by atoms with Crippen LogP contribution in [0.5, 0.6) is 0 Å². The fourth-order valence-electron chi connectivity index (χ4n) is 22.5. The number of nitrogens with zero attached hydrogens (tertiary/aromatic N) is 5. The summed E-state index contributed by atoms with van der Waals surface area (Å²) >= 11 is 0. The van der Waals surface area contributed by atoms with Gasteiger partial charge in [-0.15, -0.1) is 0 Å². The monoisotopic (exact) mass is 1700 g/mol. The highest BCUT2D eigenvalue weighted by Crippen LogP contribution is 2.44. The molecular formula is C115H105N5Si5. The molecule has 20 aromatic rings. The van der Waals surface area contributed by atoms with E-state index in [0.29, 0.717) is 0 Å². The Morgan fingerprint density at radius 2 is 0.336 bits per heavy atom. The van der Waals surface area contributed by atoms with Crippen molar-refractivity contribution in [2.45, 2.75) is 65.5 Å². The van der Waals surface area contributed by atoms with Crippen molar-refractivity contribution >= 4 is 257 Å². The van der Waals surface area contributed by atoms with Gasteiger partial charge in [-0.3, -0.25) is 0 Å². The van der Waals surface area contributed by atoms with Gasteiger partial charge in [-0.2, -0.15) is 0 Å². The topological polar surface area (TPSA) is 16.2 Å². The summed E-state index contributed by atoms with van der Waals surface area (Å²) in [6.45, 7) is 25.0. The van der Waals surface area contributed by atoms with Crippen LogP contribution >= 0.6 is 0 Å². The first-order valence-electron chi connectivity index (χ1n) is 44.3. The molecule has 0 unspecified atom stereocenters. The molecule has 5 aliphatic heterocycles. The van der Waals surface area contributed by atoms with Gasteiger partial charge in [0, 0.05) is 108 Å². The average Bonchev–Trinajstić information content (AvgIpc) is 0.721. The number of hydrogen-bond donors (Lipinski definition) is 0. The van der Waals surface area contributed by atoms with Crippen LogP contribution in [0.15, 0.2) is 364 Å². The van der Waals surface area contributed by atoms with Gasteiger partial charge in [0.15, 0.2) is 0 Å². The average molecular weight is 1700 g/mol. The lowest BCUT2D eigenvalue weighted by Gasteiger charge is -2.40. The van der Waals surface area contributed by atoms with E-state index in [0.717, 1.165) is 0 Å². The second kappa shape index (κ2) is 29.9. The molecule has 10 heteroatoms. The van der Waals surface area contributed by atoms with Gasteiger partial charge in [-0.25, -0.2) is 0 Å². The third-order valence-corrected chi connectivity index (χ3v) is 46.6. The van der Waals surface area contributed by atoms with Crippen LogP contribution in [-0.4, -0.2) is 75.6 Å². The molecule has 0 aromatic heterocycles. The summed E-state index contributed by atoms with van der Waals surface area (Å²) in [5.41, 5.74) is 13.8.